The monoisotopic (exact) mass is 426 g/mol. The molecule has 0 N–H and O–H groups in total. The van der Waals surface area contributed by atoms with Crippen LogP contribution >= 0.6 is 11.8 Å². The van der Waals surface area contributed by atoms with E-state index in [1.807, 2.05) is 36.4 Å². The second-order valence-corrected chi connectivity index (χ2v) is 7.80. The second-order valence-electron chi connectivity index (χ2n) is 6.81. The van der Waals surface area contributed by atoms with Gasteiger partial charge in [-0.15, -0.1) is 11.8 Å². The van der Waals surface area contributed by atoms with Crippen LogP contribution in [0.3, 0.4) is 0 Å². The Kier molecular flexibility index (Phi) is 5.87. The van der Waals surface area contributed by atoms with Crippen LogP contribution in [0.15, 0.2) is 83.8 Å². The fourth-order valence-corrected chi connectivity index (χ4v) is 4.37. The van der Waals surface area contributed by atoms with Crippen LogP contribution in [0.5, 0.6) is 5.75 Å². The lowest BCUT2D eigenvalue weighted by Gasteiger charge is -2.15. The number of nitriles is 1. The molecule has 0 aromatic heterocycles. The number of carbonyl (C=O) groups excluding carboxylic acids is 2. The van der Waals surface area contributed by atoms with Crippen LogP contribution in [0.1, 0.15) is 16.7 Å². The molecule has 5 nitrogen and oxygen atoms in total. The Balaban J connectivity index is 1.73. The number of thioether (sulfide) groups is 1. The number of hydrogen-bond acceptors (Lipinski definition) is 5. The van der Waals surface area contributed by atoms with Gasteiger partial charge in [-0.05, 0) is 47.5 Å². The van der Waals surface area contributed by atoms with E-state index >= 15 is 0 Å². The van der Waals surface area contributed by atoms with E-state index in [0.717, 1.165) is 5.56 Å². The van der Waals surface area contributed by atoms with Gasteiger partial charge in [0, 0.05) is 5.75 Å². The van der Waals surface area contributed by atoms with E-state index < -0.39 is 0 Å². The summed E-state index contributed by atoms with van der Waals surface area (Å²) in [5.41, 5.74) is 3.00. The lowest BCUT2D eigenvalue weighted by molar-refractivity contribution is -0.119. The van der Waals surface area contributed by atoms with E-state index in [9.17, 15) is 9.59 Å². The van der Waals surface area contributed by atoms with Gasteiger partial charge < -0.3 is 4.74 Å². The summed E-state index contributed by atoms with van der Waals surface area (Å²) in [6, 6.07) is 25.4. The molecule has 1 heterocycles. The molecule has 152 valence electrons. The standard InChI is InChI=1S/C25H18N2O3S/c1-30-21-13-9-19(10-14-21)22-23(31-16-18-5-3-2-4-6-18)25(29)27(24(22)28)20-11-7-17(15-26)8-12-20/h2-14H,16H2,1H3. The summed E-state index contributed by atoms with van der Waals surface area (Å²) in [6.45, 7) is 0. The zero-order valence-electron chi connectivity index (χ0n) is 16.7. The molecular formula is C25H18N2O3S. The van der Waals surface area contributed by atoms with Gasteiger partial charge in [-0.1, -0.05) is 42.5 Å². The molecule has 0 saturated carbocycles. The predicted octanol–water partition coefficient (Wildman–Crippen LogP) is 4.78. The lowest BCUT2D eigenvalue weighted by atomic mass is 10.1. The van der Waals surface area contributed by atoms with Crippen molar-refractivity contribution in [2.75, 3.05) is 12.0 Å². The summed E-state index contributed by atoms with van der Waals surface area (Å²) in [7, 11) is 1.58. The van der Waals surface area contributed by atoms with Crippen molar-refractivity contribution in [3.05, 3.63) is 100 Å². The fourth-order valence-electron chi connectivity index (χ4n) is 3.31. The average molecular weight is 426 g/mol. The van der Waals surface area contributed by atoms with Gasteiger partial charge in [0.1, 0.15) is 5.75 Å². The zero-order chi connectivity index (χ0) is 21.8. The van der Waals surface area contributed by atoms with E-state index in [1.54, 1.807) is 55.6 Å². The zero-order valence-corrected chi connectivity index (χ0v) is 17.6. The molecule has 0 unspecified atom stereocenters. The number of ether oxygens (including phenoxy) is 1. The molecular weight excluding hydrogens is 408 g/mol. The van der Waals surface area contributed by atoms with Crippen molar-refractivity contribution in [2.24, 2.45) is 0 Å². The van der Waals surface area contributed by atoms with E-state index in [-0.39, 0.29) is 11.8 Å². The van der Waals surface area contributed by atoms with Gasteiger partial charge in [0.2, 0.25) is 0 Å². The van der Waals surface area contributed by atoms with Crippen LogP contribution in [0, 0.1) is 11.3 Å². The number of methoxy groups -OCH3 is 1. The van der Waals surface area contributed by atoms with Crippen LogP contribution in [-0.2, 0) is 15.3 Å². The third-order valence-electron chi connectivity index (χ3n) is 4.90. The quantitative estimate of drug-likeness (QED) is 0.530. The van der Waals surface area contributed by atoms with E-state index in [4.69, 9.17) is 10.00 Å². The third kappa shape index (κ3) is 4.09. The Morgan fingerprint density at radius 2 is 1.58 bits per heavy atom. The summed E-state index contributed by atoms with van der Waals surface area (Å²) in [5.74, 6) is 0.497. The van der Waals surface area contributed by atoms with Crippen molar-refractivity contribution in [3.63, 3.8) is 0 Å². The molecule has 31 heavy (non-hydrogen) atoms. The van der Waals surface area contributed by atoms with Crippen molar-refractivity contribution in [1.29, 1.82) is 5.26 Å². The largest absolute Gasteiger partial charge is 0.497 e. The number of rotatable bonds is 6. The topological polar surface area (TPSA) is 70.4 Å². The first-order valence-electron chi connectivity index (χ1n) is 9.56. The first-order chi connectivity index (χ1) is 15.1. The first-order valence-corrected chi connectivity index (χ1v) is 10.6. The lowest BCUT2D eigenvalue weighted by Crippen LogP contribution is -2.31. The van der Waals surface area contributed by atoms with E-state index in [2.05, 4.69) is 0 Å². The van der Waals surface area contributed by atoms with Gasteiger partial charge in [-0.2, -0.15) is 5.26 Å². The van der Waals surface area contributed by atoms with Gasteiger partial charge in [-0.25, -0.2) is 4.90 Å². The predicted molar refractivity (Wildman–Crippen MR) is 121 cm³/mol. The minimum atomic E-state index is -0.379. The molecule has 0 aliphatic carbocycles. The van der Waals surface area contributed by atoms with Gasteiger partial charge >= 0.3 is 0 Å². The summed E-state index contributed by atoms with van der Waals surface area (Å²) in [5, 5.41) is 9.03. The van der Waals surface area contributed by atoms with Crippen LogP contribution in [0.4, 0.5) is 5.69 Å². The summed E-state index contributed by atoms with van der Waals surface area (Å²) in [4.78, 5) is 28.3. The molecule has 1 aliphatic rings. The number of imide groups is 1. The Bertz CT molecular complexity index is 1190. The highest BCUT2D eigenvalue weighted by molar-refractivity contribution is 8.03. The maximum Gasteiger partial charge on any atom is 0.272 e. The Morgan fingerprint density at radius 3 is 2.19 bits per heavy atom. The van der Waals surface area contributed by atoms with Gasteiger partial charge in [0.05, 0.1) is 34.9 Å². The Morgan fingerprint density at radius 1 is 0.903 bits per heavy atom. The molecule has 0 saturated heterocycles. The van der Waals surface area contributed by atoms with Crippen LogP contribution in [0.2, 0.25) is 0 Å². The molecule has 2 amide bonds. The molecule has 0 spiro atoms. The maximum atomic E-state index is 13.4. The van der Waals surface area contributed by atoms with Crippen molar-refractivity contribution >= 4 is 34.8 Å². The van der Waals surface area contributed by atoms with Crippen LogP contribution in [0.25, 0.3) is 5.57 Å². The van der Waals surface area contributed by atoms with Crippen molar-refractivity contribution in [2.45, 2.75) is 5.75 Å². The SMILES string of the molecule is COc1ccc(C2=C(SCc3ccccc3)C(=O)N(c3ccc(C#N)cc3)C2=O)cc1. The highest BCUT2D eigenvalue weighted by atomic mass is 32.2. The van der Waals surface area contributed by atoms with Gasteiger partial charge in [-0.3, -0.25) is 9.59 Å². The molecule has 1 aliphatic heterocycles. The average Bonchev–Trinajstić information content (AvgIpc) is 3.07. The molecule has 3 aromatic carbocycles. The molecule has 3 aromatic rings. The first kappa shape index (κ1) is 20.5. The smallest absolute Gasteiger partial charge is 0.272 e. The van der Waals surface area contributed by atoms with Crippen molar-refractivity contribution in [1.82, 2.24) is 0 Å². The number of amides is 2. The van der Waals surface area contributed by atoms with E-state index in [0.29, 0.717) is 38.8 Å². The number of nitrogens with zero attached hydrogens (tertiary/aromatic N) is 2. The summed E-state index contributed by atoms with van der Waals surface area (Å²) < 4.78 is 5.21. The van der Waals surface area contributed by atoms with Crippen molar-refractivity contribution in [3.8, 4) is 11.8 Å². The molecule has 0 atom stereocenters. The highest BCUT2D eigenvalue weighted by Gasteiger charge is 2.40. The minimum absolute atomic E-state index is 0.360. The fraction of sp³-hybridized carbons (Fsp3) is 0.0800. The number of hydrogen-bond donors (Lipinski definition) is 0. The van der Waals surface area contributed by atoms with E-state index in [1.165, 1.54) is 16.7 Å². The Labute approximate surface area is 184 Å². The number of carbonyl (C=O) groups is 2. The summed E-state index contributed by atoms with van der Waals surface area (Å²) >= 11 is 1.35. The Hall–Kier alpha value is -3.82. The highest BCUT2D eigenvalue weighted by Crippen LogP contribution is 2.39. The molecule has 4 rings (SSSR count). The summed E-state index contributed by atoms with van der Waals surface area (Å²) in [6.07, 6.45) is 0. The van der Waals surface area contributed by atoms with Crippen LogP contribution in [-0.4, -0.2) is 18.9 Å². The number of benzene rings is 3. The maximum absolute atomic E-state index is 13.4. The van der Waals surface area contributed by atoms with Crippen molar-refractivity contribution < 1.29 is 14.3 Å². The third-order valence-corrected chi connectivity index (χ3v) is 6.05. The van der Waals surface area contributed by atoms with Gasteiger partial charge in [0.15, 0.2) is 0 Å². The van der Waals surface area contributed by atoms with Crippen LogP contribution < -0.4 is 9.64 Å². The minimum Gasteiger partial charge on any atom is -0.497 e. The molecule has 6 heteroatoms. The number of anilines is 1. The van der Waals surface area contributed by atoms with Gasteiger partial charge in [0.25, 0.3) is 11.8 Å². The molecule has 0 radical (unpaired) electrons. The second kappa shape index (κ2) is 8.90. The molecule has 0 fully saturated rings. The normalized spacial score (nSPS) is 13.5. The molecule has 0 bridgehead atoms.